The monoisotopic (exact) mass is 293 g/mol. The normalized spacial score (nSPS) is 23.4. The van der Waals surface area contributed by atoms with Gasteiger partial charge in [0.15, 0.2) is 0 Å². The van der Waals surface area contributed by atoms with Gasteiger partial charge in [0.05, 0.1) is 6.10 Å². The molecule has 0 spiro atoms. The van der Waals surface area contributed by atoms with Gasteiger partial charge < -0.3 is 10.4 Å². The smallest absolute Gasteiger partial charge is 0.244 e. The molecule has 1 aromatic carbocycles. The van der Waals surface area contributed by atoms with Gasteiger partial charge in [-0.05, 0) is 49.8 Å². The topological polar surface area (TPSA) is 49.3 Å². The minimum absolute atomic E-state index is 0.0937. The molecule has 0 saturated heterocycles. The molecule has 1 saturated carbocycles. The molecule has 1 aliphatic rings. The molecule has 1 aromatic rings. The molecule has 20 heavy (non-hydrogen) atoms. The van der Waals surface area contributed by atoms with E-state index >= 15 is 0 Å². The summed E-state index contributed by atoms with van der Waals surface area (Å²) in [5.41, 5.74) is 1.73. The third-order valence-corrected chi connectivity index (χ3v) is 4.02. The number of rotatable bonds is 3. The lowest BCUT2D eigenvalue weighted by molar-refractivity contribution is -0.117. The Morgan fingerprint density at radius 2 is 1.95 bits per heavy atom. The number of benzene rings is 1. The molecule has 0 bridgehead atoms. The quantitative estimate of drug-likeness (QED) is 0.841. The zero-order valence-electron chi connectivity index (χ0n) is 11.6. The summed E-state index contributed by atoms with van der Waals surface area (Å²) < 4.78 is 0. The van der Waals surface area contributed by atoms with Crippen molar-refractivity contribution in [1.29, 1.82) is 0 Å². The van der Waals surface area contributed by atoms with Gasteiger partial charge in [0.2, 0.25) is 5.91 Å². The second-order valence-electron chi connectivity index (χ2n) is 5.32. The second kappa shape index (κ2) is 6.91. The van der Waals surface area contributed by atoms with Crippen molar-refractivity contribution in [2.45, 2.75) is 44.8 Å². The maximum Gasteiger partial charge on any atom is 0.244 e. The maximum absolute atomic E-state index is 12.0. The molecule has 4 heteroatoms. The summed E-state index contributed by atoms with van der Waals surface area (Å²) in [5, 5.41) is 13.1. The van der Waals surface area contributed by atoms with Crippen molar-refractivity contribution in [2.75, 3.05) is 0 Å². The molecule has 0 aromatic heterocycles. The number of nitrogens with one attached hydrogen (secondary N) is 1. The maximum atomic E-state index is 12.0. The van der Waals surface area contributed by atoms with Crippen LogP contribution >= 0.6 is 11.6 Å². The first-order chi connectivity index (χ1) is 9.56. The summed E-state index contributed by atoms with van der Waals surface area (Å²) in [6.07, 6.45) is 4.59. The molecule has 0 heterocycles. The second-order valence-corrected chi connectivity index (χ2v) is 5.73. The first-order valence-corrected chi connectivity index (χ1v) is 7.36. The van der Waals surface area contributed by atoms with E-state index < -0.39 is 0 Å². The summed E-state index contributed by atoms with van der Waals surface area (Å²) in [5.74, 6) is -0.0937. The highest BCUT2D eigenvalue weighted by atomic mass is 35.5. The number of aliphatic hydroxyl groups is 1. The standard InChI is InChI=1S/C16H20ClNO2/c1-11(14-4-2-3-5-15(14)17)10-16(20)18-12-6-8-13(19)9-7-12/h2-5,10,12-13,19H,6-9H2,1H3,(H,18,20)/b11-10-. The van der Waals surface area contributed by atoms with Gasteiger partial charge in [0.25, 0.3) is 0 Å². The van der Waals surface area contributed by atoms with Crippen molar-refractivity contribution in [3.8, 4) is 0 Å². The fourth-order valence-electron chi connectivity index (χ4n) is 2.52. The molecule has 3 nitrogen and oxygen atoms in total. The van der Waals surface area contributed by atoms with Crippen LogP contribution in [0.5, 0.6) is 0 Å². The lowest BCUT2D eigenvalue weighted by Gasteiger charge is -2.25. The number of halogens is 1. The van der Waals surface area contributed by atoms with E-state index in [1.165, 1.54) is 0 Å². The van der Waals surface area contributed by atoms with Crippen LogP contribution in [0, 0.1) is 0 Å². The predicted molar refractivity (Wildman–Crippen MR) is 81.5 cm³/mol. The number of allylic oxidation sites excluding steroid dienone is 1. The van der Waals surface area contributed by atoms with E-state index in [1.54, 1.807) is 6.08 Å². The molecule has 0 aliphatic heterocycles. The van der Waals surface area contributed by atoms with Crippen molar-refractivity contribution in [3.05, 3.63) is 40.9 Å². The summed E-state index contributed by atoms with van der Waals surface area (Å²) in [6.45, 7) is 1.88. The molecular weight excluding hydrogens is 274 g/mol. The molecule has 0 atom stereocenters. The van der Waals surface area contributed by atoms with Crippen LogP contribution in [0.3, 0.4) is 0 Å². The molecule has 1 aliphatic carbocycles. The van der Waals surface area contributed by atoms with Gasteiger partial charge in [0, 0.05) is 17.1 Å². The van der Waals surface area contributed by atoms with Gasteiger partial charge in [-0.3, -0.25) is 4.79 Å². The Labute approximate surface area is 124 Å². The molecule has 2 N–H and O–H groups in total. The lowest BCUT2D eigenvalue weighted by atomic mass is 9.93. The van der Waals surface area contributed by atoms with Gasteiger partial charge in [-0.15, -0.1) is 0 Å². The highest BCUT2D eigenvalue weighted by Gasteiger charge is 2.20. The van der Waals surface area contributed by atoms with Crippen molar-refractivity contribution < 1.29 is 9.90 Å². The van der Waals surface area contributed by atoms with Crippen LogP contribution in [0.4, 0.5) is 0 Å². The van der Waals surface area contributed by atoms with Gasteiger partial charge in [-0.1, -0.05) is 29.8 Å². The third kappa shape index (κ3) is 4.09. The first-order valence-electron chi connectivity index (χ1n) is 6.98. The van der Waals surface area contributed by atoms with E-state index in [4.69, 9.17) is 11.6 Å². The zero-order chi connectivity index (χ0) is 14.5. The molecule has 0 unspecified atom stereocenters. The highest BCUT2D eigenvalue weighted by Crippen LogP contribution is 2.23. The molecule has 108 valence electrons. The molecule has 2 rings (SSSR count). The number of carbonyl (C=O) groups excluding carboxylic acids is 1. The van der Waals surface area contributed by atoms with Crippen molar-refractivity contribution >= 4 is 23.1 Å². The van der Waals surface area contributed by atoms with Crippen LogP contribution in [-0.4, -0.2) is 23.2 Å². The Hall–Kier alpha value is -1.32. The molecular formula is C16H20ClNO2. The minimum Gasteiger partial charge on any atom is -0.393 e. The minimum atomic E-state index is -0.205. The molecule has 0 radical (unpaired) electrons. The average molecular weight is 294 g/mol. The number of hydrogen-bond acceptors (Lipinski definition) is 2. The van der Waals surface area contributed by atoms with Crippen LogP contribution in [0.25, 0.3) is 5.57 Å². The Morgan fingerprint density at radius 3 is 2.60 bits per heavy atom. The van der Waals surface area contributed by atoms with Crippen LogP contribution in [-0.2, 0) is 4.79 Å². The van der Waals surface area contributed by atoms with Crippen LogP contribution < -0.4 is 5.32 Å². The van der Waals surface area contributed by atoms with E-state index in [9.17, 15) is 9.90 Å². The van der Waals surface area contributed by atoms with E-state index in [-0.39, 0.29) is 18.1 Å². The SMILES string of the molecule is C/C(=C/C(=O)NC1CCC(O)CC1)c1ccccc1Cl. The van der Waals surface area contributed by atoms with E-state index in [0.29, 0.717) is 5.02 Å². The molecule has 1 amide bonds. The fourth-order valence-corrected chi connectivity index (χ4v) is 2.80. The van der Waals surface area contributed by atoms with Crippen LogP contribution in [0.15, 0.2) is 30.3 Å². The fraction of sp³-hybridized carbons (Fsp3) is 0.438. The first kappa shape index (κ1) is 15.1. The number of aliphatic hydroxyl groups excluding tert-OH is 1. The Balaban J connectivity index is 1.96. The van der Waals surface area contributed by atoms with Gasteiger partial charge in [-0.2, -0.15) is 0 Å². The third-order valence-electron chi connectivity index (χ3n) is 3.69. The number of hydrogen-bond donors (Lipinski definition) is 2. The summed E-state index contributed by atoms with van der Waals surface area (Å²) in [7, 11) is 0. The summed E-state index contributed by atoms with van der Waals surface area (Å²) in [6, 6.07) is 7.65. The highest BCUT2D eigenvalue weighted by molar-refractivity contribution is 6.32. The van der Waals surface area contributed by atoms with Crippen molar-refractivity contribution in [2.24, 2.45) is 0 Å². The van der Waals surface area contributed by atoms with E-state index in [0.717, 1.165) is 36.8 Å². The van der Waals surface area contributed by atoms with E-state index in [2.05, 4.69) is 5.32 Å². The predicted octanol–water partition coefficient (Wildman–Crippen LogP) is 3.16. The van der Waals surface area contributed by atoms with Crippen LogP contribution in [0.1, 0.15) is 38.2 Å². The number of amides is 1. The Morgan fingerprint density at radius 1 is 1.30 bits per heavy atom. The van der Waals surface area contributed by atoms with Crippen molar-refractivity contribution in [3.63, 3.8) is 0 Å². The largest absolute Gasteiger partial charge is 0.393 e. The number of carbonyl (C=O) groups is 1. The lowest BCUT2D eigenvalue weighted by Crippen LogP contribution is -2.37. The zero-order valence-corrected chi connectivity index (χ0v) is 12.4. The Bertz CT molecular complexity index is 505. The van der Waals surface area contributed by atoms with Crippen LogP contribution in [0.2, 0.25) is 5.02 Å². The molecule has 1 fully saturated rings. The van der Waals surface area contributed by atoms with Gasteiger partial charge in [0.1, 0.15) is 0 Å². The van der Waals surface area contributed by atoms with Gasteiger partial charge >= 0.3 is 0 Å². The van der Waals surface area contributed by atoms with Crippen molar-refractivity contribution in [1.82, 2.24) is 5.32 Å². The van der Waals surface area contributed by atoms with E-state index in [1.807, 2.05) is 31.2 Å². The van der Waals surface area contributed by atoms with Gasteiger partial charge in [-0.25, -0.2) is 0 Å². The Kier molecular flexibility index (Phi) is 5.21. The summed E-state index contributed by atoms with van der Waals surface area (Å²) >= 11 is 6.11. The summed E-state index contributed by atoms with van der Waals surface area (Å²) in [4.78, 5) is 12.0. The average Bonchev–Trinajstić information content (AvgIpc) is 2.41.